The molecule has 0 aromatic carbocycles. The lowest BCUT2D eigenvalue weighted by Gasteiger charge is -2.15. The smallest absolute Gasteiger partial charge is 0.304 e. The molecule has 2 aliphatic rings. The van der Waals surface area contributed by atoms with Crippen LogP contribution < -0.4 is 0 Å². The molecule has 2 rings (SSSR count). The summed E-state index contributed by atoms with van der Waals surface area (Å²) in [6, 6.07) is 0. The Morgan fingerprint density at radius 2 is 1.75 bits per heavy atom. The van der Waals surface area contributed by atoms with Gasteiger partial charge in [0, 0.05) is 13.2 Å². The molecule has 0 amide bonds. The number of hydrogen-bond donors (Lipinski definition) is 0. The van der Waals surface area contributed by atoms with Crippen molar-refractivity contribution in [3.05, 3.63) is 0 Å². The van der Waals surface area contributed by atoms with Crippen LogP contribution in [0.4, 0.5) is 0 Å². The van der Waals surface area contributed by atoms with E-state index >= 15 is 0 Å². The summed E-state index contributed by atoms with van der Waals surface area (Å²) in [4.78, 5) is 0. The van der Waals surface area contributed by atoms with E-state index < -0.39 is 10.0 Å². The molecule has 1 saturated heterocycles. The summed E-state index contributed by atoms with van der Waals surface area (Å²) in [5, 5.41) is 0. The second kappa shape index (κ2) is 8.23. The molecule has 0 bridgehead atoms. The predicted octanol–water partition coefficient (Wildman–Crippen LogP) is 2.02. The normalized spacial score (nSPS) is 31.3. The lowest BCUT2D eigenvalue weighted by molar-refractivity contribution is 0.240. The zero-order valence-corrected chi connectivity index (χ0v) is 12.3. The van der Waals surface area contributed by atoms with Crippen LogP contribution in [-0.4, -0.2) is 35.4 Å². The number of hydrogen-bond acceptors (Lipinski definition) is 3. The summed E-state index contributed by atoms with van der Waals surface area (Å²) in [6.45, 7) is 7.84. The number of rotatable bonds is 5. The summed E-state index contributed by atoms with van der Waals surface area (Å²) in [5.41, 5.74) is 0. The molecule has 1 aliphatic heterocycles. The summed E-state index contributed by atoms with van der Waals surface area (Å²) in [6.07, 6.45) is 6.82. The zero-order valence-electron chi connectivity index (χ0n) is 10.9. The average Bonchev–Trinajstić information content (AvgIpc) is 3.08. The van der Waals surface area contributed by atoms with Gasteiger partial charge in [0.1, 0.15) is 0 Å². The third-order valence-corrected chi connectivity index (χ3v) is 4.41. The van der Waals surface area contributed by atoms with Gasteiger partial charge in [0.25, 0.3) is 0 Å². The van der Waals surface area contributed by atoms with Crippen molar-refractivity contribution in [3.8, 4) is 0 Å². The van der Waals surface area contributed by atoms with Crippen LogP contribution in [0.1, 0.15) is 46.5 Å². The Hall–Kier alpha value is 0.0969. The van der Waals surface area contributed by atoms with E-state index in [2.05, 4.69) is 6.92 Å². The molecule has 1 heterocycles. The van der Waals surface area contributed by atoms with E-state index in [4.69, 9.17) is 13.6 Å². The molecule has 0 N–H and O–H groups in total. The van der Waals surface area contributed by atoms with Crippen LogP contribution in [-0.2, 0) is 13.6 Å². The Kier molecular flexibility index (Phi) is 7.28. The SMILES string of the molecule is CCC1CCC2OC2C1.CCO[SiH2]OCC. The molecule has 0 aromatic rings. The molecule has 3 atom stereocenters. The molecule has 0 aromatic heterocycles. The second-order valence-corrected chi connectivity index (χ2v) is 5.46. The van der Waals surface area contributed by atoms with Gasteiger partial charge in [-0.2, -0.15) is 0 Å². The quantitative estimate of drug-likeness (QED) is 0.422. The first-order valence-electron chi connectivity index (χ1n) is 6.62. The van der Waals surface area contributed by atoms with E-state index in [1.165, 1.54) is 25.7 Å². The van der Waals surface area contributed by atoms with Gasteiger partial charge in [0.05, 0.1) is 12.2 Å². The third kappa shape index (κ3) is 5.43. The van der Waals surface area contributed by atoms with E-state index in [1.807, 2.05) is 13.8 Å². The molecule has 0 spiro atoms. The fraction of sp³-hybridized carbons (Fsp3) is 1.00. The summed E-state index contributed by atoms with van der Waals surface area (Å²) in [5.74, 6) is 0.980. The van der Waals surface area contributed by atoms with Gasteiger partial charge in [-0.05, 0) is 39.0 Å². The number of fused-ring (bicyclic) bond motifs is 1. The Bertz CT molecular complexity index is 174. The highest BCUT2D eigenvalue weighted by atomic mass is 28.3. The van der Waals surface area contributed by atoms with Crippen molar-refractivity contribution in [2.45, 2.75) is 58.7 Å². The molecule has 16 heavy (non-hydrogen) atoms. The van der Waals surface area contributed by atoms with Crippen LogP contribution in [0.3, 0.4) is 0 Å². The summed E-state index contributed by atoms with van der Waals surface area (Å²) >= 11 is 0. The molecule has 4 heteroatoms. The average molecular weight is 246 g/mol. The van der Waals surface area contributed by atoms with Crippen molar-refractivity contribution in [2.75, 3.05) is 13.2 Å². The maximum absolute atomic E-state index is 5.41. The van der Waals surface area contributed by atoms with E-state index in [0.717, 1.165) is 19.1 Å². The zero-order chi connectivity index (χ0) is 11.8. The molecule has 96 valence electrons. The van der Waals surface area contributed by atoms with Gasteiger partial charge in [-0.15, -0.1) is 0 Å². The van der Waals surface area contributed by atoms with E-state index in [1.54, 1.807) is 0 Å². The first-order valence-corrected chi connectivity index (χ1v) is 7.78. The minimum atomic E-state index is -0.589. The standard InChI is InChI=1S/C8H14O.C4H12O2Si/c1-2-6-3-4-7-8(5-6)9-7;1-3-5-7-6-4-2/h6-8H,2-5H2,1H3;3-4,7H2,1-2H3. The lowest BCUT2D eigenvalue weighted by Crippen LogP contribution is -2.11. The van der Waals surface area contributed by atoms with Gasteiger partial charge in [0.15, 0.2) is 0 Å². The van der Waals surface area contributed by atoms with Gasteiger partial charge in [-0.25, -0.2) is 0 Å². The van der Waals surface area contributed by atoms with E-state index in [0.29, 0.717) is 12.2 Å². The fourth-order valence-electron chi connectivity index (χ4n) is 2.08. The Balaban J connectivity index is 0.000000168. The third-order valence-electron chi connectivity index (χ3n) is 3.26. The minimum Gasteiger partial charge on any atom is -0.399 e. The Labute approximate surface area is 102 Å². The van der Waals surface area contributed by atoms with Crippen LogP contribution in [0.25, 0.3) is 0 Å². The fourth-order valence-corrected chi connectivity index (χ4v) is 2.53. The molecular formula is C12H26O3Si. The topological polar surface area (TPSA) is 31.0 Å². The van der Waals surface area contributed by atoms with Crippen LogP contribution >= 0.6 is 0 Å². The van der Waals surface area contributed by atoms with Crippen molar-refractivity contribution >= 4 is 10.0 Å². The Morgan fingerprint density at radius 1 is 1.06 bits per heavy atom. The monoisotopic (exact) mass is 246 g/mol. The van der Waals surface area contributed by atoms with Gasteiger partial charge < -0.3 is 13.6 Å². The van der Waals surface area contributed by atoms with Gasteiger partial charge in [-0.1, -0.05) is 13.3 Å². The maximum atomic E-state index is 5.41. The molecule has 3 nitrogen and oxygen atoms in total. The lowest BCUT2D eigenvalue weighted by atomic mass is 9.88. The summed E-state index contributed by atoms with van der Waals surface area (Å²) in [7, 11) is -0.589. The molecule has 3 unspecified atom stereocenters. The predicted molar refractivity (Wildman–Crippen MR) is 68.1 cm³/mol. The van der Waals surface area contributed by atoms with Crippen LogP contribution in [0.2, 0.25) is 0 Å². The first kappa shape index (κ1) is 14.2. The second-order valence-electron chi connectivity index (χ2n) is 4.40. The largest absolute Gasteiger partial charge is 0.399 e. The highest BCUT2D eigenvalue weighted by molar-refractivity contribution is 6.17. The van der Waals surface area contributed by atoms with Crippen LogP contribution in [0.15, 0.2) is 0 Å². The minimum absolute atomic E-state index is 0.589. The van der Waals surface area contributed by atoms with Crippen molar-refractivity contribution in [3.63, 3.8) is 0 Å². The Morgan fingerprint density at radius 3 is 2.25 bits per heavy atom. The van der Waals surface area contributed by atoms with Gasteiger partial charge in [-0.3, -0.25) is 0 Å². The van der Waals surface area contributed by atoms with Gasteiger partial charge in [0.2, 0.25) is 0 Å². The highest BCUT2D eigenvalue weighted by Gasteiger charge is 2.43. The van der Waals surface area contributed by atoms with Crippen molar-refractivity contribution in [1.29, 1.82) is 0 Å². The van der Waals surface area contributed by atoms with E-state index in [-0.39, 0.29) is 0 Å². The van der Waals surface area contributed by atoms with Crippen LogP contribution in [0.5, 0.6) is 0 Å². The summed E-state index contributed by atoms with van der Waals surface area (Å²) < 4.78 is 15.4. The first-order chi connectivity index (χ1) is 7.81. The number of ether oxygens (including phenoxy) is 1. The van der Waals surface area contributed by atoms with Crippen molar-refractivity contribution in [1.82, 2.24) is 0 Å². The highest BCUT2D eigenvalue weighted by Crippen LogP contribution is 2.40. The molecule has 1 saturated carbocycles. The molecule has 0 radical (unpaired) electrons. The van der Waals surface area contributed by atoms with Crippen LogP contribution in [0, 0.1) is 5.92 Å². The van der Waals surface area contributed by atoms with Crippen molar-refractivity contribution in [2.24, 2.45) is 5.92 Å². The molecule has 1 aliphatic carbocycles. The maximum Gasteiger partial charge on any atom is 0.304 e. The molecule has 2 fully saturated rings. The molecular weight excluding hydrogens is 220 g/mol. The van der Waals surface area contributed by atoms with E-state index in [9.17, 15) is 0 Å². The van der Waals surface area contributed by atoms with Gasteiger partial charge >= 0.3 is 10.0 Å². The number of epoxide rings is 1. The van der Waals surface area contributed by atoms with Crippen molar-refractivity contribution < 1.29 is 13.6 Å².